The fraction of sp³-hybridized carbons (Fsp3) is 0.250. The first-order chi connectivity index (χ1) is 18.1. The number of nitrogens with two attached hydrogens (primary N) is 1. The van der Waals surface area contributed by atoms with Crippen LogP contribution in [0, 0.1) is 11.6 Å². The number of amides is 1. The lowest BCUT2D eigenvalue weighted by Crippen LogP contribution is -2.36. The Hall–Kier alpha value is -3.94. The topological polar surface area (TPSA) is 98.2 Å². The van der Waals surface area contributed by atoms with E-state index >= 15 is 0 Å². The van der Waals surface area contributed by atoms with Crippen molar-refractivity contribution in [3.05, 3.63) is 70.1 Å². The highest BCUT2D eigenvalue weighted by Crippen LogP contribution is 2.45. The summed E-state index contributed by atoms with van der Waals surface area (Å²) in [4.78, 5) is 25.7. The Balaban J connectivity index is 1.61. The fourth-order valence-corrected chi connectivity index (χ4v) is 4.66. The van der Waals surface area contributed by atoms with Gasteiger partial charge < -0.3 is 15.5 Å². The molecule has 0 saturated heterocycles. The van der Waals surface area contributed by atoms with Gasteiger partial charge in [-0.3, -0.25) is 4.79 Å². The number of carbonyl (C=O) groups is 1. The number of imidazole rings is 1. The largest absolute Gasteiger partial charge is 0.453 e. The fourth-order valence-electron chi connectivity index (χ4n) is 4.50. The van der Waals surface area contributed by atoms with Gasteiger partial charge in [-0.15, -0.1) is 0 Å². The van der Waals surface area contributed by atoms with Crippen LogP contribution >= 0.6 is 11.6 Å². The molecule has 1 unspecified atom stereocenters. The highest BCUT2D eigenvalue weighted by molar-refractivity contribution is 6.30. The number of hydrogen-bond donors (Lipinski definition) is 2. The van der Waals surface area contributed by atoms with Crippen LogP contribution in [0.1, 0.15) is 30.3 Å². The summed E-state index contributed by atoms with van der Waals surface area (Å²) < 4.78 is 94.5. The minimum atomic E-state index is -5.74. The third kappa shape index (κ3) is 4.32. The second-order valence-corrected chi connectivity index (χ2v) is 9.51. The van der Waals surface area contributed by atoms with Crippen LogP contribution in [0.4, 0.5) is 42.4 Å². The standard InChI is InChI=1S/C24H16ClF7N6O/c1-22(10-6-12(26)8-13(27)7-10)16-18(33)35-20(36-19(16)37-21(22)39)17-14-3-2-11(25)9-38(14)15(34-17)4-5-23(28,29)24(30,31)32/h2-3,6-9H,4-5H2,1H3,(H3,33,35,36,37,39). The third-order valence-electron chi connectivity index (χ3n) is 6.53. The van der Waals surface area contributed by atoms with E-state index in [4.69, 9.17) is 17.3 Å². The number of nitrogens with zero attached hydrogens (tertiary/aromatic N) is 4. The van der Waals surface area contributed by atoms with E-state index < -0.39 is 47.9 Å². The van der Waals surface area contributed by atoms with E-state index in [1.54, 1.807) is 0 Å². The maximum atomic E-state index is 14.0. The molecule has 204 valence electrons. The first kappa shape index (κ1) is 26.7. The molecule has 0 bridgehead atoms. The van der Waals surface area contributed by atoms with Gasteiger partial charge in [0.05, 0.1) is 16.1 Å². The van der Waals surface area contributed by atoms with Crippen molar-refractivity contribution in [1.29, 1.82) is 0 Å². The molecule has 1 aliphatic heterocycles. The molecule has 1 aromatic carbocycles. The minimum absolute atomic E-state index is 0.0360. The number of benzene rings is 1. The van der Waals surface area contributed by atoms with Crippen LogP contribution in [0.25, 0.3) is 17.0 Å². The molecule has 0 fully saturated rings. The number of hydrogen-bond acceptors (Lipinski definition) is 5. The highest BCUT2D eigenvalue weighted by Gasteiger charge is 2.56. The maximum Gasteiger partial charge on any atom is 0.453 e. The molecule has 3 aromatic heterocycles. The number of aryl methyl sites for hydroxylation is 1. The van der Waals surface area contributed by atoms with Crippen molar-refractivity contribution in [2.45, 2.75) is 37.3 Å². The van der Waals surface area contributed by atoms with Gasteiger partial charge in [-0.1, -0.05) is 11.6 Å². The van der Waals surface area contributed by atoms with Gasteiger partial charge in [0.1, 0.15) is 40.2 Å². The van der Waals surface area contributed by atoms with Gasteiger partial charge in [0.2, 0.25) is 5.91 Å². The van der Waals surface area contributed by atoms with Crippen LogP contribution in [0.5, 0.6) is 0 Å². The average Bonchev–Trinajstić information content (AvgIpc) is 3.31. The lowest BCUT2D eigenvalue weighted by Gasteiger charge is -2.23. The van der Waals surface area contributed by atoms with Crippen LogP contribution in [0.2, 0.25) is 5.02 Å². The van der Waals surface area contributed by atoms with E-state index in [9.17, 15) is 35.5 Å². The second-order valence-electron chi connectivity index (χ2n) is 9.07. The second kappa shape index (κ2) is 8.79. The number of nitrogens with one attached hydrogen (secondary N) is 1. The van der Waals surface area contributed by atoms with Gasteiger partial charge in [-0.25, -0.2) is 23.7 Å². The predicted molar refractivity (Wildman–Crippen MR) is 126 cm³/mol. The molecule has 15 heteroatoms. The maximum absolute atomic E-state index is 14.0. The summed E-state index contributed by atoms with van der Waals surface area (Å²) in [6, 6.07) is 5.45. The van der Waals surface area contributed by atoms with Crippen LogP contribution < -0.4 is 11.1 Å². The Kier molecular flexibility index (Phi) is 6.01. The van der Waals surface area contributed by atoms with E-state index in [-0.39, 0.29) is 50.6 Å². The van der Waals surface area contributed by atoms with Crippen LogP contribution in [-0.4, -0.2) is 37.4 Å². The van der Waals surface area contributed by atoms with E-state index in [1.165, 1.54) is 29.7 Å². The molecule has 5 rings (SSSR count). The Bertz CT molecular complexity index is 1630. The number of carbonyl (C=O) groups excluding carboxylic acids is 1. The zero-order valence-electron chi connectivity index (χ0n) is 19.7. The van der Waals surface area contributed by atoms with Gasteiger partial charge in [-0.05, 0) is 36.8 Å². The Labute approximate surface area is 219 Å². The monoisotopic (exact) mass is 572 g/mol. The summed E-state index contributed by atoms with van der Waals surface area (Å²) >= 11 is 6.01. The quantitative estimate of drug-likeness (QED) is 0.299. The van der Waals surface area contributed by atoms with Crippen molar-refractivity contribution in [2.75, 3.05) is 11.1 Å². The van der Waals surface area contributed by atoms with Crippen molar-refractivity contribution in [2.24, 2.45) is 0 Å². The number of fused-ring (bicyclic) bond motifs is 2. The molecule has 0 radical (unpaired) electrons. The van der Waals surface area contributed by atoms with E-state index in [2.05, 4.69) is 20.3 Å². The Morgan fingerprint density at radius 2 is 1.72 bits per heavy atom. The molecule has 4 aromatic rings. The summed E-state index contributed by atoms with van der Waals surface area (Å²) in [6.45, 7) is 1.38. The summed E-state index contributed by atoms with van der Waals surface area (Å²) in [5.41, 5.74) is 4.69. The van der Waals surface area contributed by atoms with Gasteiger partial charge in [0.15, 0.2) is 5.82 Å². The van der Waals surface area contributed by atoms with Crippen LogP contribution in [0.3, 0.4) is 0 Å². The summed E-state index contributed by atoms with van der Waals surface area (Å²) in [6.07, 6.45) is -6.82. The number of aromatic nitrogens is 4. The number of nitrogen functional groups attached to an aromatic ring is 1. The molecule has 39 heavy (non-hydrogen) atoms. The molecule has 0 saturated carbocycles. The molecule has 0 spiro atoms. The van der Waals surface area contributed by atoms with E-state index in [1.807, 2.05) is 0 Å². The lowest BCUT2D eigenvalue weighted by atomic mass is 9.77. The molecular weight excluding hydrogens is 557 g/mol. The van der Waals surface area contributed by atoms with Crippen molar-refractivity contribution >= 4 is 34.7 Å². The van der Waals surface area contributed by atoms with Gasteiger partial charge in [-0.2, -0.15) is 22.0 Å². The molecule has 0 aliphatic carbocycles. The molecular formula is C24H16ClF7N6O. The molecule has 1 amide bonds. The van der Waals surface area contributed by atoms with E-state index in [0.29, 0.717) is 6.07 Å². The zero-order chi connectivity index (χ0) is 28.5. The first-order valence-electron chi connectivity index (χ1n) is 11.2. The first-order valence-corrected chi connectivity index (χ1v) is 11.6. The van der Waals surface area contributed by atoms with Gasteiger partial charge >= 0.3 is 12.1 Å². The highest BCUT2D eigenvalue weighted by atomic mass is 35.5. The number of anilines is 2. The minimum Gasteiger partial charge on any atom is -0.383 e. The smallest absolute Gasteiger partial charge is 0.383 e. The SMILES string of the molecule is CC1(c2cc(F)cc(F)c2)C(=O)Nc2nc(-c3nc(CCC(F)(F)C(F)(F)F)n4cc(Cl)ccc34)nc(N)c21. The average molecular weight is 573 g/mol. The Morgan fingerprint density at radius 3 is 2.36 bits per heavy atom. The number of alkyl halides is 5. The molecule has 7 nitrogen and oxygen atoms in total. The van der Waals surface area contributed by atoms with Crippen LogP contribution in [0.15, 0.2) is 36.5 Å². The molecule has 4 heterocycles. The van der Waals surface area contributed by atoms with Gasteiger partial charge in [0, 0.05) is 25.1 Å². The Morgan fingerprint density at radius 1 is 1.05 bits per heavy atom. The third-order valence-corrected chi connectivity index (χ3v) is 6.75. The normalized spacial score (nSPS) is 17.5. The number of rotatable bonds is 5. The molecule has 1 aliphatic rings. The summed E-state index contributed by atoms with van der Waals surface area (Å²) in [5, 5.41) is 2.66. The summed E-state index contributed by atoms with van der Waals surface area (Å²) in [7, 11) is 0. The van der Waals surface area contributed by atoms with Crippen molar-refractivity contribution in [3.63, 3.8) is 0 Å². The molecule has 1 atom stereocenters. The molecule has 3 N–H and O–H groups in total. The lowest BCUT2D eigenvalue weighted by molar-refractivity contribution is -0.284. The predicted octanol–water partition coefficient (Wildman–Crippen LogP) is 5.69. The zero-order valence-corrected chi connectivity index (χ0v) is 20.4. The van der Waals surface area contributed by atoms with Crippen molar-refractivity contribution in [1.82, 2.24) is 19.4 Å². The number of halogens is 8. The number of pyridine rings is 1. The van der Waals surface area contributed by atoms with Crippen molar-refractivity contribution in [3.8, 4) is 11.5 Å². The van der Waals surface area contributed by atoms with Gasteiger partial charge in [0.25, 0.3) is 0 Å². The van der Waals surface area contributed by atoms with Crippen LogP contribution in [-0.2, 0) is 16.6 Å². The summed E-state index contributed by atoms with van der Waals surface area (Å²) in [5.74, 6) is -8.20. The van der Waals surface area contributed by atoms with Crippen molar-refractivity contribution < 1.29 is 35.5 Å². The van der Waals surface area contributed by atoms with E-state index in [0.717, 1.165) is 12.1 Å².